The van der Waals surface area contributed by atoms with Crippen LogP contribution in [0.3, 0.4) is 0 Å². The normalized spacial score (nSPS) is 12.6. The van der Waals surface area contributed by atoms with Gasteiger partial charge in [-0.15, -0.1) is 0 Å². The van der Waals surface area contributed by atoms with Crippen LogP contribution in [0, 0.1) is 0 Å². The van der Waals surface area contributed by atoms with Gasteiger partial charge in [0.2, 0.25) is 0 Å². The van der Waals surface area contributed by atoms with Crippen molar-refractivity contribution >= 4 is 11.6 Å². The molecule has 1 heterocycles. The van der Waals surface area contributed by atoms with Crippen LogP contribution in [0.5, 0.6) is 0 Å². The first kappa shape index (κ1) is 12.1. The lowest BCUT2D eigenvalue weighted by molar-refractivity contribution is 0.263. The van der Waals surface area contributed by atoms with Crippen LogP contribution in [0.4, 0.5) is 0 Å². The minimum absolute atomic E-state index is 0.103. The monoisotopic (exact) mass is 251 g/mol. The van der Waals surface area contributed by atoms with Crippen molar-refractivity contribution in [2.45, 2.75) is 12.6 Å². The smallest absolute Gasteiger partial charge is 0.0951 e. The average molecular weight is 252 g/mol. The molecule has 0 saturated carbocycles. The van der Waals surface area contributed by atoms with E-state index in [0.717, 1.165) is 11.3 Å². The zero-order chi connectivity index (χ0) is 12.3. The fraction of sp³-hybridized carbons (Fsp3) is 0.250. The molecular weight excluding hydrogens is 238 g/mol. The molecule has 17 heavy (non-hydrogen) atoms. The zero-order valence-corrected chi connectivity index (χ0v) is 10.0. The van der Waals surface area contributed by atoms with Crippen molar-refractivity contribution in [2.24, 2.45) is 5.73 Å². The highest BCUT2D eigenvalue weighted by molar-refractivity contribution is 6.31. The summed E-state index contributed by atoms with van der Waals surface area (Å²) in [6.07, 6.45) is 3.35. The summed E-state index contributed by atoms with van der Waals surface area (Å²) in [5, 5.41) is 9.77. The van der Waals surface area contributed by atoms with Crippen LogP contribution in [0.2, 0.25) is 5.02 Å². The van der Waals surface area contributed by atoms with Crippen LogP contribution >= 0.6 is 11.6 Å². The molecule has 1 unspecified atom stereocenters. The van der Waals surface area contributed by atoms with E-state index in [-0.39, 0.29) is 6.61 Å². The van der Waals surface area contributed by atoms with Crippen LogP contribution in [0.25, 0.3) is 0 Å². The van der Waals surface area contributed by atoms with Gasteiger partial charge in [0.25, 0.3) is 0 Å². The number of nitrogens with two attached hydrogens (primary N) is 1. The molecule has 1 atom stereocenters. The number of halogens is 1. The molecule has 4 nitrogen and oxygen atoms in total. The van der Waals surface area contributed by atoms with Gasteiger partial charge >= 0.3 is 0 Å². The second-order valence-electron chi connectivity index (χ2n) is 3.83. The van der Waals surface area contributed by atoms with Crippen molar-refractivity contribution in [2.75, 3.05) is 6.61 Å². The Morgan fingerprint density at radius 1 is 1.41 bits per heavy atom. The van der Waals surface area contributed by atoms with Crippen LogP contribution in [-0.4, -0.2) is 21.3 Å². The molecule has 0 aliphatic rings. The number of imidazole rings is 1. The van der Waals surface area contributed by atoms with Crippen molar-refractivity contribution in [3.05, 3.63) is 53.1 Å². The van der Waals surface area contributed by atoms with Gasteiger partial charge in [0.15, 0.2) is 0 Å². The van der Waals surface area contributed by atoms with Crippen molar-refractivity contribution in [3.8, 4) is 0 Å². The van der Waals surface area contributed by atoms with Crippen molar-refractivity contribution in [3.63, 3.8) is 0 Å². The van der Waals surface area contributed by atoms with E-state index in [9.17, 15) is 0 Å². The minimum atomic E-state index is -0.417. The molecule has 1 aromatic carbocycles. The van der Waals surface area contributed by atoms with Gasteiger partial charge in [-0.25, -0.2) is 4.98 Å². The molecule has 0 aliphatic heterocycles. The van der Waals surface area contributed by atoms with Gasteiger partial charge in [0.1, 0.15) is 0 Å². The van der Waals surface area contributed by atoms with E-state index in [4.69, 9.17) is 22.4 Å². The predicted octanol–water partition coefficient (Wildman–Crippen LogP) is 1.58. The number of nitrogens with zero attached hydrogens (tertiary/aromatic N) is 2. The maximum atomic E-state index is 9.06. The fourth-order valence-corrected chi connectivity index (χ4v) is 1.87. The molecule has 0 spiro atoms. The summed E-state index contributed by atoms with van der Waals surface area (Å²) in [7, 11) is 0. The lowest BCUT2D eigenvalue weighted by Crippen LogP contribution is -2.19. The number of aliphatic hydroxyl groups excluding tert-OH is 1. The second kappa shape index (κ2) is 5.31. The molecule has 90 valence electrons. The van der Waals surface area contributed by atoms with Gasteiger partial charge in [-0.1, -0.05) is 29.8 Å². The van der Waals surface area contributed by atoms with E-state index in [1.165, 1.54) is 0 Å². The summed E-state index contributed by atoms with van der Waals surface area (Å²) in [5.74, 6) is 0. The Hall–Kier alpha value is -1.36. The summed E-state index contributed by atoms with van der Waals surface area (Å²) >= 11 is 6.09. The van der Waals surface area contributed by atoms with Crippen LogP contribution in [-0.2, 0) is 6.54 Å². The summed E-state index contributed by atoms with van der Waals surface area (Å²) in [5.41, 5.74) is 7.58. The van der Waals surface area contributed by atoms with Gasteiger partial charge in [0.05, 0.1) is 31.2 Å². The van der Waals surface area contributed by atoms with E-state index < -0.39 is 6.04 Å². The number of rotatable bonds is 4. The van der Waals surface area contributed by atoms with E-state index in [0.29, 0.717) is 11.6 Å². The average Bonchev–Trinajstić information content (AvgIpc) is 2.79. The third kappa shape index (κ3) is 2.66. The molecule has 0 saturated heterocycles. The Balaban J connectivity index is 2.25. The van der Waals surface area contributed by atoms with E-state index in [1.807, 2.05) is 28.8 Å². The highest BCUT2D eigenvalue weighted by Crippen LogP contribution is 2.18. The lowest BCUT2D eigenvalue weighted by atomic mass is 10.2. The summed E-state index contributed by atoms with van der Waals surface area (Å²) in [6, 6.07) is 7.21. The number of benzene rings is 1. The number of hydrogen-bond donors (Lipinski definition) is 2. The van der Waals surface area contributed by atoms with Gasteiger partial charge in [-0.05, 0) is 11.6 Å². The summed E-state index contributed by atoms with van der Waals surface area (Å²) < 4.78 is 1.89. The number of aliphatic hydroxyl groups is 1. The standard InChI is InChI=1S/C12H14ClN3O/c13-10-4-2-1-3-9(10)6-16-8-15-5-12(16)11(14)7-17/h1-5,8,11,17H,6-7,14H2. The molecule has 0 bridgehead atoms. The minimum Gasteiger partial charge on any atom is -0.394 e. The van der Waals surface area contributed by atoms with Gasteiger partial charge in [-0.2, -0.15) is 0 Å². The van der Waals surface area contributed by atoms with Gasteiger partial charge < -0.3 is 15.4 Å². The lowest BCUT2D eigenvalue weighted by Gasteiger charge is -2.13. The highest BCUT2D eigenvalue weighted by atomic mass is 35.5. The Morgan fingerprint density at radius 3 is 2.88 bits per heavy atom. The molecule has 3 N–H and O–H groups in total. The zero-order valence-electron chi connectivity index (χ0n) is 9.25. The molecule has 1 aromatic heterocycles. The first-order valence-corrected chi connectivity index (χ1v) is 5.70. The maximum absolute atomic E-state index is 9.06. The molecule has 0 fully saturated rings. The maximum Gasteiger partial charge on any atom is 0.0951 e. The summed E-state index contributed by atoms with van der Waals surface area (Å²) in [4.78, 5) is 4.05. The highest BCUT2D eigenvalue weighted by Gasteiger charge is 2.11. The van der Waals surface area contributed by atoms with E-state index in [1.54, 1.807) is 12.5 Å². The van der Waals surface area contributed by atoms with Crippen LogP contribution < -0.4 is 5.73 Å². The van der Waals surface area contributed by atoms with Crippen molar-refractivity contribution < 1.29 is 5.11 Å². The van der Waals surface area contributed by atoms with Crippen molar-refractivity contribution in [1.29, 1.82) is 0 Å². The number of aromatic nitrogens is 2. The third-order valence-electron chi connectivity index (χ3n) is 2.62. The number of hydrogen-bond acceptors (Lipinski definition) is 3. The third-order valence-corrected chi connectivity index (χ3v) is 2.99. The Bertz CT molecular complexity index is 498. The molecule has 5 heteroatoms. The Kier molecular flexibility index (Phi) is 3.78. The van der Waals surface area contributed by atoms with Gasteiger partial charge in [0, 0.05) is 11.2 Å². The van der Waals surface area contributed by atoms with Crippen molar-refractivity contribution in [1.82, 2.24) is 9.55 Å². The molecule has 0 amide bonds. The van der Waals surface area contributed by atoms with Gasteiger partial charge in [-0.3, -0.25) is 0 Å². The largest absolute Gasteiger partial charge is 0.394 e. The van der Waals surface area contributed by atoms with E-state index in [2.05, 4.69) is 4.98 Å². The molecule has 2 aromatic rings. The predicted molar refractivity (Wildman–Crippen MR) is 66.8 cm³/mol. The molecule has 0 aliphatic carbocycles. The Morgan fingerprint density at radius 2 is 2.18 bits per heavy atom. The van der Waals surface area contributed by atoms with E-state index >= 15 is 0 Å². The molecular formula is C12H14ClN3O. The fourth-order valence-electron chi connectivity index (χ4n) is 1.68. The topological polar surface area (TPSA) is 64.1 Å². The summed E-state index contributed by atoms with van der Waals surface area (Å²) in [6.45, 7) is 0.497. The van der Waals surface area contributed by atoms with Crippen LogP contribution in [0.1, 0.15) is 17.3 Å². The second-order valence-corrected chi connectivity index (χ2v) is 4.23. The molecule has 2 rings (SSSR count). The SMILES string of the molecule is NC(CO)c1cncn1Cc1ccccc1Cl. The first-order chi connectivity index (χ1) is 8.22. The molecule has 0 radical (unpaired) electrons. The quantitative estimate of drug-likeness (QED) is 0.867. The Labute approximate surface area is 105 Å². The van der Waals surface area contributed by atoms with Crippen LogP contribution in [0.15, 0.2) is 36.8 Å². The first-order valence-electron chi connectivity index (χ1n) is 5.32.